The van der Waals surface area contributed by atoms with Crippen LogP contribution in [0, 0.1) is 0 Å². The fourth-order valence-electron chi connectivity index (χ4n) is 0.926. The predicted molar refractivity (Wildman–Crippen MR) is 48.8 cm³/mol. The molecule has 12 heavy (non-hydrogen) atoms. The molecule has 2 nitrogen and oxygen atoms in total. The number of carbonyl (C=O) groups is 1. The van der Waals surface area contributed by atoms with Gasteiger partial charge >= 0.3 is 0 Å². The summed E-state index contributed by atoms with van der Waals surface area (Å²) in [5.41, 5.74) is 1.09. The Bertz CT molecular complexity index is 238. The Morgan fingerprint density at radius 3 is 2.50 bits per heavy atom. The van der Waals surface area contributed by atoms with Gasteiger partial charge in [-0.3, -0.25) is 4.79 Å². The van der Waals surface area contributed by atoms with E-state index in [1.54, 1.807) is 0 Å². The average Bonchev–Trinajstić information content (AvgIpc) is 2.16. The molecule has 0 heterocycles. The fourth-order valence-corrected chi connectivity index (χ4v) is 1.07. The van der Waals surface area contributed by atoms with Crippen LogP contribution in [0.4, 0.5) is 0 Å². The van der Waals surface area contributed by atoms with E-state index in [-0.39, 0.29) is 6.00 Å². The molecule has 0 radical (unpaired) electrons. The van der Waals surface area contributed by atoms with Crippen LogP contribution in [0.1, 0.15) is 5.56 Å². The number of benzene rings is 1. The molecule has 0 spiro atoms. The second kappa shape index (κ2) is 4.78. The molecule has 0 fully saturated rings. The third-order valence-corrected chi connectivity index (χ3v) is 1.84. The molecule has 0 saturated carbocycles. The Labute approximate surface area is 76.8 Å². The molecule has 1 rings (SSSR count). The van der Waals surface area contributed by atoms with Crippen molar-refractivity contribution in [1.82, 2.24) is 4.90 Å². The number of hydrogen-bond acceptors (Lipinski definition) is 1. The second-order valence-corrected chi connectivity index (χ2v) is 2.70. The molecule has 0 aliphatic carbocycles. The van der Waals surface area contributed by atoms with Crippen molar-refractivity contribution in [2.45, 2.75) is 6.54 Å². The highest BCUT2D eigenvalue weighted by Gasteiger charge is 1.98. The Hall–Kier alpha value is -1.02. The Kier molecular flexibility index (Phi) is 3.61. The molecule has 0 unspecified atom stereocenters. The van der Waals surface area contributed by atoms with Crippen molar-refractivity contribution < 1.29 is 4.79 Å². The van der Waals surface area contributed by atoms with Gasteiger partial charge < -0.3 is 4.90 Å². The van der Waals surface area contributed by atoms with Gasteiger partial charge in [-0.25, -0.2) is 0 Å². The maximum Gasteiger partial charge on any atom is 0.210 e. The Morgan fingerprint density at radius 1 is 1.33 bits per heavy atom. The average molecular weight is 184 g/mol. The van der Waals surface area contributed by atoms with Gasteiger partial charge in [0.15, 0.2) is 0 Å². The van der Waals surface area contributed by atoms with Crippen LogP contribution in [0.5, 0.6) is 0 Å². The van der Waals surface area contributed by atoms with Gasteiger partial charge in [-0.15, -0.1) is 11.6 Å². The van der Waals surface area contributed by atoms with Crippen LogP contribution in [0.15, 0.2) is 30.3 Å². The molecule has 0 N–H and O–H groups in total. The smallest absolute Gasteiger partial charge is 0.210 e. The van der Waals surface area contributed by atoms with E-state index in [0.717, 1.165) is 12.0 Å². The van der Waals surface area contributed by atoms with Crippen molar-refractivity contribution in [2.24, 2.45) is 0 Å². The predicted octanol–water partition coefficient (Wildman–Crippen LogP) is 1.84. The highest BCUT2D eigenvalue weighted by atomic mass is 35.5. The maximum atomic E-state index is 10.4. The summed E-state index contributed by atoms with van der Waals surface area (Å²) in [6.45, 7) is 0.577. The Balaban J connectivity index is 2.56. The third kappa shape index (κ3) is 2.55. The number of halogens is 1. The molecule has 0 atom stereocenters. The van der Waals surface area contributed by atoms with Gasteiger partial charge in [0.1, 0.15) is 0 Å². The third-order valence-electron chi connectivity index (χ3n) is 1.53. The zero-order valence-corrected chi connectivity index (χ0v) is 7.37. The minimum atomic E-state index is 0.235. The quantitative estimate of drug-likeness (QED) is 0.396. The monoisotopic (exact) mass is 183 g/mol. The molecule has 0 aromatic heterocycles. The van der Waals surface area contributed by atoms with E-state index < -0.39 is 0 Å². The normalized spacial score (nSPS) is 9.42. The first-order valence-electron chi connectivity index (χ1n) is 3.66. The summed E-state index contributed by atoms with van der Waals surface area (Å²) in [5.74, 6) is 0. The van der Waals surface area contributed by atoms with Gasteiger partial charge in [-0.1, -0.05) is 30.3 Å². The van der Waals surface area contributed by atoms with Crippen molar-refractivity contribution in [3.05, 3.63) is 35.9 Å². The first kappa shape index (κ1) is 9.07. The molecule has 64 valence electrons. The van der Waals surface area contributed by atoms with E-state index >= 15 is 0 Å². The van der Waals surface area contributed by atoms with Crippen molar-refractivity contribution in [2.75, 3.05) is 6.00 Å². The minimum Gasteiger partial charge on any atom is -0.327 e. The van der Waals surface area contributed by atoms with Crippen LogP contribution >= 0.6 is 11.6 Å². The first-order chi connectivity index (χ1) is 5.86. The summed E-state index contributed by atoms with van der Waals surface area (Å²) in [7, 11) is 0. The second-order valence-electron chi connectivity index (χ2n) is 2.46. The zero-order valence-electron chi connectivity index (χ0n) is 6.61. The molecule has 0 saturated heterocycles. The van der Waals surface area contributed by atoms with Crippen molar-refractivity contribution in [1.29, 1.82) is 0 Å². The Morgan fingerprint density at radius 2 is 2.00 bits per heavy atom. The molecule has 0 aliphatic heterocycles. The fraction of sp³-hybridized carbons (Fsp3) is 0.222. The summed E-state index contributed by atoms with van der Waals surface area (Å²) < 4.78 is 0. The lowest BCUT2D eigenvalue weighted by atomic mass is 10.2. The number of rotatable bonds is 4. The summed E-state index contributed by atoms with van der Waals surface area (Å²) >= 11 is 5.51. The standard InChI is InChI=1S/C9H10ClNO/c10-7-11(8-12)6-9-4-2-1-3-5-9/h1-5,8H,6-7H2. The van der Waals surface area contributed by atoms with Crippen molar-refractivity contribution in [3.8, 4) is 0 Å². The number of amides is 1. The van der Waals surface area contributed by atoms with E-state index in [1.807, 2.05) is 30.3 Å². The largest absolute Gasteiger partial charge is 0.327 e. The summed E-state index contributed by atoms with van der Waals surface area (Å²) in [6, 6.07) is 9.97. The van der Waals surface area contributed by atoms with Crippen molar-refractivity contribution in [3.63, 3.8) is 0 Å². The topological polar surface area (TPSA) is 20.3 Å². The van der Waals surface area contributed by atoms with Gasteiger partial charge in [0.25, 0.3) is 0 Å². The summed E-state index contributed by atoms with van der Waals surface area (Å²) in [4.78, 5) is 11.9. The van der Waals surface area contributed by atoms with E-state index in [0.29, 0.717) is 6.54 Å². The molecule has 0 aliphatic rings. The van der Waals surface area contributed by atoms with E-state index in [2.05, 4.69) is 0 Å². The highest BCUT2D eigenvalue weighted by Crippen LogP contribution is 2.02. The molecule has 3 heteroatoms. The molecule has 1 aromatic carbocycles. The minimum absolute atomic E-state index is 0.235. The molecule has 0 bridgehead atoms. The highest BCUT2D eigenvalue weighted by molar-refractivity contribution is 6.18. The van der Waals surface area contributed by atoms with Crippen molar-refractivity contribution >= 4 is 18.0 Å². The lowest BCUT2D eigenvalue weighted by Crippen LogP contribution is -2.19. The van der Waals surface area contributed by atoms with Gasteiger partial charge in [-0.05, 0) is 5.56 Å². The summed E-state index contributed by atoms with van der Waals surface area (Å²) in [6.07, 6.45) is 0.750. The van der Waals surface area contributed by atoms with Crippen LogP contribution < -0.4 is 0 Å². The van der Waals surface area contributed by atoms with Gasteiger partial charge in [-0.2, -0.15) is 0 Å². The number of carbonyl (C=O) groups excluding carboxylic acids is 1. The molecule has 1 amide bonds. The van der Waals surface area contributed by atoms with E-state index in [4.69, 9.17) is 11.6 Å². The summed E-state index contributed by atoms with van der Waals surface area (Å²) in [5, 5.41) is 0. The first-order valence-corrected chi connectivity index (χ1v) is 4.19. The SMILES string of the molecule is O=CN(CCl)Cc1ccccc1. The molecular formula is C9H10ClNO. The lowest BCUT2D eigenvalue weighted by molar-refractivity contribution is -0.117. The number of alkyl halides is 1. The number of hydrogen-bond donors (Lipinski definition) is 0. The van der Waals surface area contributed by atoms with Gasteiger partial charge in [0, 0.05) is 6.54 Å². The van der Waals surface area contributed by atoms with Crippen LogP contribution in [-0.4, -0.2) is 17.3 Å². The van der Waals surface area contributed by atoms with E-state index in [9.17, 15) is 4.79 Å². The lowest BCUT2D eigenvalue weighted by Gasteiger charge is -2.12. The van der Waals surface area contributed by atoms with Crippen LogP contribution in [0.2, 0.25) is 0 Å². The van der Waals surface area contributed by atoms with Gasteiger partial charge in [0.05, 0.1) is 6.00 Å². The van der Waals surface area contributed by atoms with Crippen LogP contribution in [0.25, 0.3) is 0 Å². The van der Waals surface area contributed by atoms with E-state index in [1.165, 1.54) is 4.90 Å². The van der Waals surface area contributed by atoms with Gasteiger partial charge in [0.2, 0.25) is 6.41 Å². The van der Waals surface area contributed by atoms with Crippen LogP contribution in [-0.2, 0) is 11.3 Å². The van der Waals surface area contributed by atoms with Crippen LogP contribution in [0.3, 0.4) is 0 Å². The molecular weight excluding hydrogens is 174 g/mol. The maximum absolute atomic E-state index is 10.4. The number of nitrogens with zero attached hydrogens (tertiary/aromatic N) is 1. The zero-order chi connectivity index (χ0) is 8.81. The molecule has 1 aromatic rings.